The number of nitrogens with zero attached hydrogens (tertiary/aromatic N) is 6. The number of rotatable bonds is 7. The molecule has 11 heteroatoms. The third kappa shape index (κ3) is 3.53. The van der Waals surface area contributed by atoms with Gasteiger partial charge in [-0.25, -0.2) is 19.3 Å². The average Bonchev–Trinajstić information content (AvgIpc) is 3.30. The van der Waals surface area contributed by atoms with Gasteiger partial charge in [-0.2, -0.15) is 4.98 Å². The van der Waals surface area contributed by atoms with Gasteiger partial charge in [-0.15, -0.1) is 5.10 Å². The number of fused-ring (bicyclic) bond motifs is 2. The van der Waals surface area contributed by atoms with Crippen molar-refractivity contribution in [1.82, 2.24) is 39.1 Å². The fourth-order valence-corrected chi connectivity index (χ4v) is 4.21. The van der Waals surface area contributed by atoms with Gasteiger partial charge in [0.1, 0.15) is 11.3 Å². The Labute approximate surface area is 176 Å². The molecule has 0 unspecified atom stereocenters. The van der Waals surface area contributed by atoms with E-state index in [1.54, 1.807) is 11.4 Å². The van der Waals surface area contributed by atoms with E-state index in [1.165, 1.54) is 17.3 Å². The maximum Gasteiger partial charge on any atom is 0.330 e. The lowest BCUT2D eigenvalue weighted by Crippen LogP contribution is -2.34. The summed E-state index contributed by atoms with van der Waals surface area (Å²) in [6.45, 7) is 8.27. The Kier molecular flexibility index (Phi) is 5.46. The molecule has 0 aromatic carbocycles. The largest absolute Gasteiger partial charge is 0.335 e. The first kappa shape index (κ1) is 20.3. The minimum atomic E-state index is -0.460. The number of aromatic nitrogens is 8. The minimum Gasteiger partial charge on any atom is -0.335 e. The molecule has 4 heterocycles. The second-order valence-corrected chi connectivity index (χ2v) is 8.09. The summed E-state index contributed by atoms with van der Waals surface area (Å²) < 4.78 is 2.92. The van der Waals surface area contributed by atoms with E-state index in [4.69, 9.17) is 0 Å². The first-order valence-corrected chi connectivity index (χ1v) is 11.0. The smallest absolute Gasteiger partial charge is 0.330 e. The van der Waals surface area contributed by atoms with Crippen LogP contribution in [0.15, 0.2) is 14.7 Å². The number of nitrogens with one attached hydrogen (secondary N) is 2. The summed E-state index contributed by atoms with van der Waals surface area (Å²) in [5, 5.41) is 5.17. The summed E-state index contributed by atoms with van der Waals surface area (Å²) in [5.74, 6) is 1.58. The molecule has 4 aromatic rings. The molecule has 0 atom stereocenters. The Balaban J connectivity index is 1.61. The highest BCUT2D eigenvalue weighted by Crippen LogP contribution is 2.22. The van der Waals surface area contributed by atoms with E-state index in [-0.39, 0.29) is 11.2 Å². The molecule has 158 valence electrons. The van der Waals surface area contributed by atoms with Gasteiger partial charge in [0.05, 0.1) is 5.75 Å². The maximum atomic E-state index is 12.4. The Bertz CT molecular complexity index is 1350. The highest BCUT2D eigenvalue weighted by molar-refractivity contribution is 7.98. The van der Waals surface area contributed by atoms with E-state index in [9.17, 15) is 9.59 Å². The Hall–Kier alpha value is -2.95. The molecule has 0 radical (unpaired) electrons. The molecule has 0 aliphatic heterocycles. The van der Waals surface area contributed by atoms with E-state index < -0.39 is 5.69 Å². The van der Waals surface area contributed by atoms with Crippen molar-refractivity contribution in [3.05, 3.63) is 43.6 Å². The molecule has 0 aliphatic rings. The first-order valence-electron chi connectivity index (χ1n) is 10.00. The lowest BCUT2D eigenvalue weighted by atomic mass is 10.1. The van der Waals surface area contributed by atoms with Crippen molar-refractivity contribution in [2.24, 2.45) is 0 Å². The van der Waals surface area contributed by atoms with E-state index >= 15 is 0 Å². The van der Waals surface area contributed by atoms with Gasteiger partial charge in [0.15, 0.2) is 5.65 Å². The molecule has 0 saturated heterocycles. The fraction of sp³-hybridized carbons (Fsp3) is 0.474. The van der Waals surface area contributed by atoms with Crippen LogP contribution in [0.5, 0.6) is 0 Å². The van der Waals surface area contributed by atoms with E-state index in [1.807, 2.05) is 13.8 Å². The third-order valence-corrected chi connectivity index (χ3v) is 6.00. The van der Waals surface area contributed by atoms with Gasteiger partial charge in [-0.1, -0.05) is 25.1 Å². The van der Waals surface area contributed by atoms with Gasteiger partial charge in [0.2, 0.25) is 5.16 Å². The molecule has 0 aliphatic carbocycles. The number of imidazole rings is 1. The van der Waals surface area contributed by atoms with Crippen molar-refractivity contribution in [1.29, 1.82) is 0 Å². The number of hydrogen-bond donors (Lipinski definition) is 2. The minimum absolute atomic E-state index is 0.266. The summed E-state index contributed by atoms with van der Waals surface area (Å²) in [6, 6.07) is 0. The van der Waals surface area contributed by atoms with Crippen molar-refractivity contribution in [3.63, 3.8) is 0 Å². The van der Waals surface area contributed by atoms with Crippen molar-refractivity contribution in [2.75, 3.05) is 0 Å². The number of unbranched alkanes of at least 4 members (excludes halogenated alkanes) is 1. The van der Waals surface area contributed by atoms with Crippen LogP contribution < -0.4 is 11.2 Å². The Morgan fingerprint density at radius 2 is 1.87 bits per heavy atom. The fourth-order valence-electron chi connectivity index (χ4n) is 3.52. The molecule has 4 aromatic heterocycles. The molecule has 0 saturated carbocycles. The van der Waals surface area contributed by atoms with Crippen molar-refractivity contribution >= 4 is 28.7 Å². The van der Waals surface area contributed by atoms with Gasteiger partial charge >= 0.3 is 5.69 Å². The molecule has 0 fully saturated rings. The van der Waals surface area contributed by atoms with Gasteiger partial charge in [0.25, 0.3) is 11.3 Å². The zero-order valence-electron chi connectivity index (χ0n) is 17.4. The Morgan fingerprint density at radius 3 is 2.60 bits per heavy atom. The summed E-state index contributed by atoms with van der Waals surface area (Å²) in [6.07, 6.45) is 3.21. The number of aromatic amines is 2. The highest BCUT2D eigenvalue weighted by atomic mass is 32.2. The van der Waals surface area contributed by atoms with Crippen LogP contribution in [0, 0.1) is 13.8 Å². The number of hydrogen-bond acceptors (Lipinski definition) is 7. The lowest BCUT2D eigenvalue weighted by Gasteiger charge is -2.09. The lowest BCUT2D eigenvalue weighted by molar-refractivity contribution is 0.682. The number of H-pyrrole nitrogens is 2. The zero-order chi connectivity index (χ0) is 21.4. The predicted octanol–water partition coefficient (Wildman–Crippen LogP) is 2.12. The number of thioether (sulfide) groups is 1. The molecule has 0 bridgehead atoms. The van der Waals surface area contributed by atoms with Gasteiger partial charge in [-0.3, -0.25) is 14.3 Å². The normalized spacial score (nSPS) is 11.7. The monoisotopic (exact) mass is 428 g/mol. The van der Waals surface area contributed by atoms with Crippen LogP contribution in [-0.2, 0) is 18.7 Å². The van der Waals surface area contributed by atoms with Crippen molar-refractivity contribution < 1.29 is 0 Å². The topological polar surface area (TPSA) is 127 Å². The Morgan fingerprint density at radius 1 is 1.07 bits per heavy atom. The summed E-state index contributed by atoms with van der Waals surface area (Å²) in [5.41, 5.74) is 3.00. The predicted molar refractivity (Wildman–Crippen MR) is 115 cm³/mol. The SMILES string of the molecule is CCCCc1c(C)nc2nc(SCc3nc4[nH]c(=O)n(CC)c(=O)c4[nH]3)nn2c1C. The summed E-state index contributed by atoms with van der Waals surface area (Å²) in [7, 11) is 0. The highest BCUT2D eigenvalue weighted by Gasteiger charge is 2.15. The molecular weight excluding hydrogens is 404 g/mol. The van der Waals surface area contributed by atoms with E-state index in [2.05, 4.69) is 36.9 Å². The standard InChI is InChI=1S/C19H24N8O2S/c1-5-7-8-12-10(3)20-17-24-18(25-27(17)11(12)4)30-9-13-21-14-15(22-13)23-19(29)26(6-2)16(14)28/h5-9H2,1-4H3,(H,21,22)(H,23,29). The summed E-state index contributed by atoms with van der Waals surface area (Å²) >= 11 is 1.40. The van der Waals surface area contributed by atoms with E-state index in [0.29, 0.717) is 34.6 Å². The van der Waals surface area contributed by atoms with Crippen molar-refractivity contribution in [3.8, 4) is 0 Å². The van der Waals surface area contributed by atoms with Crippen LogP contribution >= 0.6 is 11.8 Å². The molecule has 4 rings (SSSR count). The molecule has 0 spiro atoms. The molecule has 10 nitrogen and oxygen atoms in total. The molecule has 30 heavy (non-hydrogen) atoms. The van der Waals surface area contributed by atoms with Crippen LogP contribution in [0.1, 0.15) is 49.5 Å². The zero-order valence-corrected chi connectivity index (χ0v) is 18.3. The quantitative estimate of drug-likeness (QED) is 0.432. The number of aryl methyl sites for hydroxylation is 2. The average molecular weight is 429 g/mol. The second kappa shape index (κ2) is 8.05. The molecule has 0 amide bonds. The van der Waals surface area contributed by atoms with Crippen LogP contribution in [-0.4, -0.2) is 39.1 Å². The van der Waals surface area contributed by atoms with Crippen molar-refractivity contribution in [2.45, 2.75) is 64.4 Å². The second-order valence-electron chi connectivity index (χ2n) is 7.15. The van der Waals surface area contributed by atoms with Gasteiger partial charge < -0.3 is 4.98 Å². The van der Waals surface area contributed by atoms with Crippen LogP contribution in [0.4, 0.5) is 0 Å². The van der Waals surface area contributed by atoms with Gasteiger partial charge in [-0.05, 0) is 39.2 Å². The maximum absolute atomic E-state index is 12.4. The third-order valence-electron chi connectivity index (χ3n) is 5.15. The molecule has 2 N–H and O–H groups in total. The van der Waals surface area contributed by atoms with Crippen LogP contribution in [0.25, 0.3) is 16.9 Å². The van der Waals surface area contributed by atoms with Gasteiger partial charge in [0, 0.05) is 17.9 Å². The van der Waals surface area contributed by atoms with E-state index in [0.717, 1.165) is 35.2 Å². The first-order chi connectivity index (χ1) is 14.4. The summed E-state index contributed by atoms with van der Waals surface area (Å²) in [4.78, 5) is 43.4. The van der Waals surface area contributed by atoms with Crippen LogP contribution in [0.3, 0.4) is 0 Å². The molecular formula is C19H24N8O2S. The van der Waals surface area contributed by atoms with Crippen LogP contribution in [0.2, 0.25) is 0 Å².